The van der Waals surface area contributed by atoms with Gasteiger partial charge in [-0.05, 0) is 29.8 Å². The van der Waals surface area contributed by atoms with Crippen molar-refractivity contribution in [2.24, 2.45) is 4.99 Å². The number of aliphatic imine (C=N–C) groups is 1. The lowest BCUT2D eigenvalue weighted by molar-refractivity contribution is -0.130. The molecule has 6 nitrogen and oxygen atoms in total. The van der Waals surface area contributed by atoms with Crippen LogP contribution < -0.4 is 15.5 Å². The van der Waals surface area contributed by atoms with Crippen LogP contribution in [0.1, 0.15) is 5.56 Å². The number of amides is 1. The number of nitrogens with zero attached hydrogens (tertiary/aromatic N) is 3. The quantitative estimate of drug-likeness (QED) is 0.598. The van der Waals surface area contributed by atoms with Crippen molar-refractivity contribution in [3.8, 4) is 0 Å². The van der Waals surface area contributed by atoms with E-state index in [1.165, 1.54) is 0 Å². The number of benzene rings is 2. The number of carbonyl (C=O) groups is 1. The van der Waals surface area contributed by atoms with Crippen LogP contribution in [0.4, 0.5) is 5.69 Å². The van der Waals surface area contributed by atoms with E-state index in [-0.39, 0.29) is 12.5 Å². The first-order valence-corrected chi connectivity index (χ1v) is 9.80. The van der Waals surface area contributed by atoms with Crippen molar-refractivity contribution in [1.29, 1.82) is 0 Å². The summed E-state index contributed by atoms with van der Waals surface area (Å²) in [5.74, 6) is 0.704. The first-order valence-electron chi connectivity index (χ1n) is 9.42. The number of anilines is 1. The Kier molecular flexibility index (Phi) is 7.14. The fourth-order valence-electron chi connectivity index (χ4n) is 3.14. The van der Waals surface area contributed by atoms with E-state index < -0.39 is 0 Å². The molecule has 0 spiro atoms. The first kappa shape index (κ1) is 20.0. The van der Waals surface area contributed by atoms with Gasteiger partial charge in [-0.15, -0.1) is 0 Å². The molecule has 7 heteroatoms. The largest absolute Gasteiger partial charge is 0.368 e. The fourth-order valence-corrected chi connectivity index (χ4v) is 3.27. The summed E-state index contributed by atoms with van der Waals surface area (Å²) in [4.78, 5) is 20.9. The van der Waals surface area contributed by atoms with Crippen LogP contribution in [0.5, 0.6) is 0 Å². The van der Waals surface area contributed by atoms with Crippen LogP contribution in [0.15, 0.2) is 59.6 Å². The molecule has 0 radical (unpaired) electrons. The molecule has 2 aromatic carbocycles. The Balaban J connectivity index is 1.41. The van der Waals surface area contributed by atoms with Gasteiger partial charge in [0.05, 0.1) is 6.54 Å². The number of piperazine rings is 1. The van der Waals surface area contributed by atoms with Crippen LogP contribution in [0.25, 0.3) is 0 Å². The lowest BCUT2D eigenvalue weighted by atomic mass is 10.2. The predicted molar refractivity (Wildman–Crippen MR) is 115 cm³/mol. The van der Waals surface area contributed by atoms with Crippen LogP contribution in [-0.4, -0.2) is 56.5 Å². The lowest BCUT2D eigenvalue weighted by Crippen LogP contribution is -2.52. The van der Waals surface area contributed by atoms with Gasteiger partial charge < -0.3 is 20.4 Å². The van der Waals surface area contributed by atoms with Gasteiger partial charge in [0.25, 0.3) is 0 Å². The van der Waals surface area contributed by atoms with E-state index in [4.69, 9.17) is 11.6 Å². The number of guanidine groups is 1. The molecular formula is C21H26ClN5O. The van der Waals surface area contributed by atoms with Crippen LogP contribution in [0, 0.1) is 0 Å². The molecule has 0 atom stereocenters. The molecule has 0 saturated carbocycles. The van der Waals surface area contributed by atoms with E-state index >= 15 is 0 Å². The first-order chi connectivity index (χ1) is 13.7. The number of hydrogen-bond acceptors (Lipinski definition) is 3. The van der Waals surface area contributed by atoms with Crippen molar-refractivity contribution < 1.29 is 4.79 Å². The Bertz CT molecular complexity index is 786. The highest BCUT2D eigenvalue weighted by Gasteiger charge is 2.21. The highest BCUT2D eigenvalue weighted by molar-refractivity contribution is 6.30. The van der Waals surface area contributed by atoms with Gasteiger partial charge in [-0.25, -0.2) is 0 Å². The zero-order valence-electron chi connectivity index (χ0n) is 16.1. The fraction of sp³-hybridized carbons (Fsp3) is 0.333. The summed E-state index contributed by atoms with van der Waals surface area (Å²) in [5, 5.41) is 7.07. The standard InChI is InChI=1S/C21H26ClN5O/c1-23-21(24-15-17-5-3-2-4-6-17)25-16-20(28)27-13-11-26(12-14-27)19-9-7-18(22)8-10-19/h2-10H,11-16H2,1H3,(H2,23,24,25). The molecule has 2 N–H and O–H groups in total. The molecule has 148 valence electrons. The van der Waals surface area contributed by atoms with E-state index in [1.54, 1.807) is 7.05 Å². The summed E-state index contributed by atoms with van der Waals surface area (Å²) in [6.45, 7) is 3.94. The Hall–Kier alpha value is -2.73. The minimum atomic E-state index is 0.0819. The summed E-state index contributed by atoms with van der Waals surface area (Å²) >= 11 is 5.95. The summed E-state index contributed by atoms with van der Waals surface area (Å²) in [6.07, 6.45) is 0. The topological polar surface area (TPSA) is 60.0 Å². The summed E-state index contributed by atoms with van der Waals surface area (Å²) in [5.41, 5.74) is 2.30. The minimum Gasteiger partial charge on any atom is -0.368 e. The molecular weight excluding hydrogens is 374 g/mol. The van der Waals surface area contributed by atoms with Gasteiger partial charge in [0.1, 0.15) is 0 Å². The molecule has 1 aliphatic heterocycles. The maximum absolute atomic E-state index is 12.5. The highest BCUT2D eigenvalue weighted by Crippen LogP contribution is 2.19. The maximum Gasteiger partial charge on any atom is 0.242 e. The Labute approximate surface area is 171 Å². The summed E-state index contributed by atoms with van der Waals surface area (Å²) in [6, 6.07) is 17.9. The van der Waals surface area contributed by atoms with E-state index in [0.29, 0.717) is 25.6 Å². The van der Waals surface area contributed by atoms with E-state index in [1.807, 2.05) is 59.5 Å². The van der Waals surface area contributed by atoms with Crippen molar-refractivity contribution in [1.82, 2.24) is 15.5 Å². The number of nitrogens with one attached hydrogen (secondary N) is 2. The Morgan fingerprint density at radius 3 is 2.32 bits per heavy atom. The third kappa shape index (κ3) is 5.63. The lowest BCUT2D eigenvalue weighted by Gasteiger charge is -2.36. The second kappa shape index (κ2) is 9.99. The van der Waals surface area contributed by atoms with Gasteiger partial charge in [0, 0.05) is 50.5 Å². The number of halogens is 1. The minimum absolute atomic E-state index is 0.0819. The van der Waals surface area contributed by atoms with E-state index in [0.717, 1.165) is 29.4 Å². The molecule has 0 unspecified atom stereocenters. The molecule has 1 saturated heterocycles. The van der Waals surface area contributed by atoms with Crippen LogP contribution in [0.2, 0.25) is 5.02 Å². The highest BCUT2D eigenvalue weighted by atomic mass is 35.5. The van der Waals surface area contributed by atoms with Crippen LogP contribution in [0.3, 0.4) is 0 Å². The molecule has 0 aliphatic carbocycles. The van der Waals surface area contributed by atoms with Gasteiger partial charge >= 0.3 is 0 Å². The van der Waals surface area contributed by atoms with Crippen LogP contribution >= 0.6 is 11.6 Å². The number of rotatable bonds is 5. The van der Waals surface area contributed by atoms with Crippen molar-refractivity contribution >= 4 is 29.2 Å². The monoisotopic (exact) mass is 399 g/mol. The summed E-state index contributed by atoms with van der Waals surface area (Å²) in [7, 11) is 1.70. The normalized spacial score (nSPS) is 14.7. The van der Waals surface area contributed by atoms with E-state index in [9.17, 15) is 4.79 Å². The summed E-state index contributed by atoms with van der Waals surface area (Å²) < 4.78 is 0. The molecule has 2 aromatic rings. The second-order valence-corrected chi connectivity index (χ2v) is 7.05. The molecule has 1 fully saturated rings. The van der Waals surface area contributed by atoms with Crippen molar-refractivity contribution in [2.45, 2.75) is 6.54 Å². The Morgan fingerprint density at radius 1 is 1.00 bits per heavy atom. The predicted octanol–water partition coefficient (Wildman–Crippen LogP) is 2.35. The zero-order valence-corrected chi connectivity index (χ0v) is 16.8. The number of carbonyl (C=O) groups excluding carboxylic acids is 1. The van der Waals surface area contributed by atoms with Crippen molar-refractivity contribution in [3.05, 3.63) is 65.2 Å². The van der Waals surface area contributed by atoms with Crippen LogP contribution in [-0.2, 0) is 11.3 Å². The average Bonchev–Trinajstić information content (AvgIpc) is 2.75. The van der Waals surface area contributed by atoms with Gasteiger partial charge in [-0.2, -0.15) is 0 Å². The van der Waals surface area contributed by atoms with Crippen molar-refractivity contribution in [3.63, 3.8) is 0 Å². The molecule has 0 bridgehead atoms. The smallest absolute Gasteiger partial charge is 0.242 e. The third-order valence-corrected chi connectivity index (χ3v) is 5.01. The molecule has 1 amide bonds. The molecule has 28 heavy (non-hydrogen) atoms. The maximum atomic E-state index is 12.5. The average molecular weight is 400 g/mol. The van der Waals surface area contributed by atoms with Gasteiger partial charge in [0.2, 0.25) is 5.91 Å². The second-order valence-electron chi connectivity index (χ2n) is 6.61. The molecule has 1 aliphatic rings. The van der Waals surface area contributed by atoms with Gasteiger partial charge in [0.15, 0.2) is 5.96 Å². The molecule has 3 rings (SSSR count). The zero-order chi connectivity index (χ0) is 19.8. The SMILES string of the molecule is CN=C(NCC(=O)N1CCN(c2ccc(Cl)cc2)CC1)NCc1ccccc1. The van der Waals surface area contributed by atoms with Gasteiger partial charge in [-0.1, -0.05) is 41.9 Å². The Morgan fingerprint density at radius 2 is 1.68 bits per heavy atom. The van der Waals surface area contributed by atoms with E-state index in [2.05, 4.69) is 20.5 Å². The molecule has 1 heterocycles. The molecule has 0 aromatic heterocycles. The van der Waals surface area contributed by atoms with Gasteiger partial charge in [-0.3, -0.25) is 9.79 Å². The van der Waals surface area contributed by atoms with Crippen molar-refractivity contribution in [2.75, 3.05) is 44.7 Å². The number of hydrogen-bond donors (Lipinski definition) is 2. The third-order valence-electron chi connectivity index (χ3n) is 4.76.